The van der Waals surface area contributed by atoms with Gasteiger partial charge >= 0.3 is 5.97 Å². The molecule has 0 fully saturated rings. The third-order valence-corrected chi connectivity index (χ3v) is 5.50. The minimum Gasteiger partial charge on any atom is -0.489 e. The van der Waals surface area contributed by atoms with E-state index in [1.807, 2.05) is 19.1 Å². The lowest BCUT2D eigenvalue weighted by atomic mass is 10.1. The maximum atomic E-state index is 13.1. The van der Waals surface area contributed by atoms with Crippen LogP contribution >= 0.6 is 0 Å². The number of unbranched alkanes of at least 4 members (excludes halogenated alkanes) is 1. The smallest absolute Gasteiger partial charge is 0.337 e. The van der Waals surface area contributed by atoms with Gasteiger partial charge in [-0.25, -0.2) is 9.69 Å². The summed E-state index contributed by atoms with van der Waals surface area (Å²) >= 11 is 0. The van der Waals surface area contributed by atoms with Crippen LogP contribution in [0.25, 0.3) is 0 Å². The number of carbonyl (C=O) groups excluding carboxylic acids is 2. The van der Waals surface area contributed by atoms with Crippen LogP contribution in [0.5, 0.6) is 5.75 Å². The number of carboxylic acids is 1. The molecule has 2 amide bonds. The van der Waals surface area contributed by atoms with E-state index in [1.165, 1.54) is 12.1 Å². The Morgan fingerprint density at radius 1 is 1.03 bits per heavy atom. The molecule has 4 rings (SSSR count). The van der Waals surface area contributed by atoms with Gasteiger partial charge in [0.25, 0.3) is 11.8 Å². The number of imide groups is 1. The summed E-state index contributed by atoms with van der Waals surface area (Å²) in [6.07, 6.45) is 3.03. The Labute approximate surface area is 191 Å². The van der Waals surface area contributed by atoms with E-state index in [2.05, 4.69) is 11.9 Å². The second-order valence-electron chi connectivity index (χ2n) is 7.98. The molecule has 33 heavy (non-hydrogen) atoms. The van der Waals surface area contributed by atoms with Crippen LogP contribution in [0.4, 0.5) is 5.69 Å². The number of rotatable bonds is 8. The van der Waals surface area contributed by atoms with Gasteiger partial charge in [-0.2, -0.15) is 0 Å². The van der Waals surface area contributed by atoms with Crippen LogP contribution in [-0.4, -0.2) is 27.9 Å². The lowest BCUT2D eigenvalue weighted by molar-refractivity contribution is 0.0698. The van der Waals surface area contributed by atoms with Gasteiger partial charge in [0.15, 0.2) is 0 Å². The third kappa shape index (κ3) is 4.48. The molecular weight excluding hydrogens is 420 g/mol. The molecule has 1 aliphatic heterocycles. The fraction of sp³-hybridized carbons (Fsp3) is 0.231. The van der Waals surface area contributed by atoms with Crippen molar-refractivity contribution in [2.75, 3.05) is 4.90 Å². The predicted octanol–water partition coefficient (Wildman–Crippen LogP) is 4.81. The molecule has 7 nitrogen and oxygen atoms in total. The zero-order valence-electron chi connectivity index (χ0n) is 18.5. The first-order chi connectivity index (χ1) is 15.9. The Bertz CT molecular complexity index is 1250. The number of benzene rings is 2. The van der Waals surface area contributed by atoms with Gasteiger partial charge < -0.3 is 9.84 Å². The van der Waals surface area contributed by atoms with Gasteiger partial charge in [-0.1, -0.05) is 31.5 Å². The number of nitrogens with zero attached hydrogens (tertiary/aromatic N) is 2. The predicted molar refractivity (Wildman–Crippen MR) is 123 cm³/mol. The number of carboxylic acid groups (broad SMARTS) is 1. The van der Waals surface area contributed by atoms with E-state index in [9.17, 15) is 19.5 Å². The van der Waals surface area contributed by atoms with Crippen molar-refractivity contribution in [1.29, 1.82) is 0 Å². The number of fused-ring (bicyclic) bond motifs is 1. The summed E-state index contributed by atoms with van der Waals surface area (Å²) in [5.41, 5.74) is 3.01. The third-order valence-electron chi connectivity index (χ3n) is 5.50. The molecule has 0 aliphatic carbocycles. The molecule has 2 heterocycles. The van der Waals surface area contributed by atoms with E-state index in [0.29, 0.717) is 5.75 Å². The normalized spacial score (nSPS) is 12.7. The molecule has 0 saturated heterocycles. The summed E-state index contributed by atoms with van der Waals surface area (Å²) in [6, 6.07) is 14.7. The van der Waals surface area contributed by atoms with Crippen molar-refractivity contribution >= 4 is 23.5 Å². The molecule has 0 radical (unpaired) electrons. The number of aromatic carboxylic acids is 1. The Balaban J connectivity index is 1.56. The van der Waals surface area contributed by atoms with Gasteiger partial charge in [0.05, 0.1) is 22.4 Å². The Hall–Kier alpha value is -4.00. The largest absolute Gasteiger partial charge is 0.489 e. The number of para-hydroxylation sites is 1. The molecule has 0 atom stereocenters. The van der Waals surface area contributed by atoms with Gasteiger partial charge in [0, 0.05) is 23.5 Å². The van der Waals surface area contributed by atoms with Crippen molar-refractivity contribution < 1.29 is 24.2 Å². The summed E-state index contributed by atoms with van der Waals surface area (Å²) in [4.78, 5) is 43.0. The summed E-state index contributed by atoms with van der Waals surface area (Å²) in [7, 11) is 0. The molecule has 1 N–H and O–H groups in total. The van der Waals surface area contributed by atoms with E-state index >= 15 is 0 Å². The van der Waals surface area contributed by atoms with Crippen molar-refractivity contribution in [2.24, 2.45) is 0 Å². The van der Waals surface area contributed by atoms with Crippen LogP contribution in [0.3, 0.4) is 0 Å². The highest BCUT2D eigenvalue weighted by molar-refractivity contribution is 6.35. The molecule has 0 bridgehead atoms. The zero-order valence-corrected chi connectivity index (χ0v) is 18.5. The fourth-order valence-electron chi connectivity index (χ4n) is 3.88. The standard InChI is InChI=1S/C26H24N2O5/c1-3-4-7-18-14-19(12-16(2)27-18)33-15-17-10-11-20-22(13-17)25(30)28(24(20)29)23-9-6-5-8-21(23)26(31)32/h5-6,8-14H,3-4,7,15H2,1-2H3,(H,31,32). The number of aromatic nitrogens is 1. The average Bonchev–Trinajstić information content (AvgIpc) is 3.05. The number of hydrogen-bond acceptors (Lipinski definition) is 5. The maximum absolute atomic E-state index is 13.1. The van der Waals surface area contributed by atoms with Crippen molar-refractivity contribution in [3.63, 3.8) is 0 Å². The first kappa shape index (κ1) is 22.2. The molecule has 168 valence electrons. The van der Waals surface area contributed by atoms with E-state index in [1.54, 1.807) is 30.3 Å². The van der Waals surface area contributed by atoms with Crippen LogP contribution in [0.1, 0.15) is 67.8 Å². The molecule has 1 aliphatic rings. The lowest BCUT2D eigenvalue weighted by Gasteiger charge is -2.16. The van der Waals surface area contributed by atoms with Crippen LogP contribution in [0.15, 0.2) is 54.6 Å². The quantitative estimate of drug-likeness (QED) is 0.501. The second-order valence-corrected chi connectivity index (χ2v) is 7.98. The summed E-state index contributed by atoms with van der Waals surface area (Å²) in [6.45, 7) is 4.27. The van der Waals surface area contributed by atoms with E-state index in [-0.39, 0.29) is 29.0 Å². The highest BCUT2D eigenvalue weighted by Gasteiger charge is 2.38. The average molecular weight is 444 g/mol. The second kappa shape index (κ2) is 9.24. The van der Waals surface area contributed by atoms with Crippen LogP contribution in [-0.2, 0) is 13.0 Å². The monoisotopic (exact) mass is 444 g/mol. The SMILES string of the molecule is CCCCc1cc(OCc2ccc3c(c2)C(=O)N(c2ccccc2C(=O)O)C3=O)cc(C)n1. The molecule has 2 aromatic carbocycles. The van der Waals surface area contributed by atoms with Crippen molar-refractivity contribution in [3.05, 3.63) is 88.2 Å². The Morgan fingerprint density at radius 2 is 1.79 bits per heavy atom. The Kier molecular flexibility index (Phi) is 6.22. The number of carbonyl (C=O) groups is 3. The van der Waals surface area contributed by atoms with Gasteiger partial charge in [-0.15, -0.1) is 0 Å². The lowest BCUT2D eigenvalue weighted by Crippen LogP contribution is -2.30. The van der Waals surface area contributed by atoms with E-state index in [4.69, 9.17) is 4.74 Å². The number of anilines is 1. The molecule has 3 aromatic rings. The maximum Gasteiger partial charge on any atom is 0.337 e. The molecule has 7 heteroatoms. The van der Waals surface area contributed by atoms with Crippen LogP contribution in [0, 0.1) is 6.92 Å². The number of amides is 2. The van der Waals surface area contributed by atoms with Gasteiger partial charge in [0.1, 0.15) is 12.4 Å². The summed E-state index contributed by atoms with van der Waals surface area (Å²) in [5, 5.41) is 9.45. The number of aryl methyl sites for hydroxylation is 2. The first-order valence-electron chi connectivity index (χ1n) is 10.8. The number of hydrogen-bond donors (Lipinski definition) is 1. The van der Waals surface area contributed by atoms with Crippen molar-refractivity contribution in [2.45, 2.75) is 39.7 Å². The first-order valence-corrected chi connectivity index (χ1v) is 10.8. The fourth-order valence-corrected chi connectivity index (χ4v) is 3.88. The van der Waals surface area contributed by atoms with Crippen molar-refractivity contribution in [1.82, 2.24) is 4.98 Å². The zero-order chi connectivity index (χ0) is 23.5. The Morgan fingerprint density at radius 3 is 2.55 bits per heavy atom. The molecule has 0 unspecified atom stereocenters. The minimum atomic E-state index is -1.21. The van der Waals surface area contributed by atoms with Crippen molar-refractivity contribution in [3.8, 4) is 5.75 Å². The molecular formula is C26H24N2O5. The molecule has 1 aromatic heterocycles. The minimum absolute atomic E-state index is 0.0564. The van der Waals surface area contributed by atoms with Gasteiger partial charge in [-0.3, -0.25) is 14.6 Å². The van der Waals surface area contributed by atoms with E-state index < -0.39 is 17.8 Å². The van der Waals surface area contributed by atoms with Crippen LogP contribution < -0.4 is 9.64 Å². The molecule has 0 spiro atoms. The highest BCUT2D eigenvalue weighted by atomic mass is 16.5. The summed E-state index contributed by atoms with van der Waals surface area (Å²) < 4.78 is 5.95. The molecule has 0 saturated carbocycles. The highest BCUT2D eigenvalue weighted by Crippen LogP contribution is 2.31. The van der Waals surface area contributed by atoms with Crippen LogP contribution in [0.2, 0.25) is 0 Å². The van der Waals surface area contributed by atoms with Gasteiger partial charge in [0.2, 0.25) is 0 Å². The number of pyridine rings is 1. The topological polar surface area (TPSA) is 96.8 Å². The summed E-state index contributed by atoms with van der Waals surface area (Å²) in [5.74, 6) is -1.59. The van der Waals surface area contributed by atoms with E-state index in [0.717, 1.165) is 41.1 Å². The number of ether oxygens (including phenoxy) is 1. The van der Waals surface area contributed by atoms with Gasteiger partial charge in [-0.05, 0) is 49.6 Å².